The Kier molecular flexibility index (Phi) is 6.70. The number of benzene rings is 3. The molecular formula is C27H26F4IO3S+. The van der Waals surface area contributed by atoms with Crippen LogP contribution in [-0.4, -0.2) is 19.6 Å². The van der Waals surface area contributed by atoms with Crippen molar-refractivity contribution in [1.82, 2.24) is 0 Å². The summed E-state index contributed by atoms with van der Waals surface area (Å²) < 4.78 is 95.7. The van der Waals surface area contributed by atoms with Gasteiger partial charge in [0.2, 0.25) is 0 Å². The van der Waals surface area contributed by atoms with Crippen LogP contribution in [0.15, 0.2) is 91.0 Å². The molecule has 0 heterocycles. The molecule has 2 aliphatic rings. The Morgan fingerprint density at radius 1 is 0.694 bits per heavy atom. The molecule has 0 aromatic heterocycles. The van der Waals surface area contributed by atoms with E-state index in [-0.39, 0.29) is 12.3 Å². The van der Waals surface area contributed by atoms with E-state index in [9.17, 15) is 8.42 Å². The van der Waals surface area contributed by atoms with Gasteiger partial charge in [-0.05, 0) is 0 Å². The second-order valence-electron chi connectivity index (χ2n) is 9.34. The van der Waals surface area contributed by atoms with Crippen molar-refractivity contribution in [3.05, 3.63) is 102 Å². The molecule has 5 rings (SSSR count). The Morgan fingerprint density at radius 3 is 1.50 bits per heavy atom. The maximum absolute atomic E-state index is 15.6. The van der Waals surface area contributed by atoms with E-state index in [4.69, 9.17) is 2.51 Å². The Hall–Kier alpha value is -1.98. The van der Waals surface area contributed by atoms with E-state index in [0.717, 1.165) is 6.42 Å². The van der Waals surface area contributed by atoms with Crippen molar-refractivity contribution in [3.63, 3.8) is 0 Å². The third kappa shape index (κ3) is 4.07. The van der Waals surface area contributed by atoms with E-state index in [0.29, 0.717) is 23.6 Å². The van der Waals surface area contributed by atoms with Gasteiger partial charge in [-0.3, -0.25) is 0 Å². The Balaban J connectivity index is 1.66. The first-order valence-corrected chi connectivity index (χ1v) is 17.3. The molecule has 2 aliphatic carbocycles. The Morgan fingerprint density at radius 2 is 1.14 bits per heavy atom. The van der Waals surface area contributed by atoms with Gasteiger partial charge in [-0.25, -0.2) is 0 Å². The third-order valence-electron chi connectivity index (χ3n) is 7.20. The van der Waals surface area contributed by atoms with Crippen molar-refractivity contribution >= 4 is 10.1 Å². The summed E-state index contributed by atoms with van der Waals surface area (Å²) in [5.74, 6) is -7.09. The molecule has 3 nitrogen and oxygen atoms in total. The average molecular weight is 633 g/mol. The van der Waals surface area contributed by atoms with Crippen molar-refractivity contribution in [2.75, 3.05) is 0 Å². The monoisotopic (exact) mass is 633 g/mol. The van der Waals surface area contributed by atoms with Crippen LogP contribution in [0.5, 0.6) is 0 Å². The number of hydrogen-bond acceptors (Lipinski definition) is 3. The van der Waals surface area contributed by atoms with Crippen molar-refractivity contribution in [2.24, 2.45) is 17.8 Å². The molecule has 0 aliphatic heterocycles. The van der Waals surface area contributed by atoms with Crippen LogP contribution in [0.25, 0.3) is 0 Å². The molecule has 2 bridgehead atoms. The van der Waals surface area contributed by atoms with Crippen LogP contribution in [-0.2, 0) is 12.6 Å². The molecule has 2 fully saturated rings. The second-order valence-corrected chi connectivity index (χ2v) is 18.6. The normalized spacial score (nSPS) is 23.1. The van der Waals surface area contributed by atoms with E-state index >= 15 is 17.6 Å². The molecule has 0 N–H and O–H groups in total. The minimum absolute atomic E-state index is 0.0560. The SMILES string of the molecule is O=S(=O)(O[I+](c1ccccc1)(c1ccccc1)c1ccccc1)C(F)(F)C(F)(F)C1CC2CCC1C2. The van der Waals surface area contributed by atoms with Crippen molar-refractivity contribution in [3.8, 4) is 0 Å². The molecule has 0 saturated heterocycles. The fourth-order valence-electron chi connectivity index (χ4n) is 5.50. The van der Waals surface area contributed by atoms with Gasteiger partial charge < -0.3 is 0 Å². The van der Waals surface area contributed by atoms with Crippen molar-refractivity contribution in [1.29, 1.82) is 0 Å². The molecule has 0 radical (unpaired) electrons. The number of rotatable bonds is 8. The fourth-order valence-corrected chi connectivity index (χ4v) is 17.6. The summed E-state index contributed by atoms with van der Waals surface area (Å²) in [5.41, 5.74) is 0. The van der Waals surface area contributed by atoms with E-state index in [1.54, 1.807) is 91.0 Å². The number of hydrogen-bond donors (Lipinski definition) is 0. The molecule has 36 heavy (non-hydrogen) atoms. The molecule has 9 heteroatoms. The molecule has 3 unspecified atom stereocenters. The first kappa shape index (κ1) is 25.7. The minimum atomic E-state index is -6.08. The van der Waals surface area contributed by atoms with Crippen molar-refractivity contribution < 1.29 is 47.3 Å². The molecular weight excluding hydrogens is 607 g/mol. The van der Waals surface area contributed by atoms with E-state index in [1.165, 1.54) is 0 Å². The zero-order chi connectivity index (χ0) is 25.6. The van der Waals surface area contributed by atoms with Gasteiger partial charge >= 0.3 is 214 Å². The van der Waals surface area contributed by atoms with Crippen LogP contribution >= 0.6 is 0 Å². The van der Waals surface area contributed by atoms with Crippen molar-refractivity contribution in [2.45, 2.75) is 36.9 Å². The van der Waals surface area contributed by atoms with Crippen LogP contribution in [0.4, 0.5) is 17.6 Å². The summed E-state index contributed by atoms with van der Waals surface area (Å²) in [6.45, 7) is 0. The Bertz CT molecular complexity index is 1210. The van der Waals surface area contributed by atoms with Crippen LogP contribution in [0.3, 0.4) is 0 Å². The van der Waals surface area contributed by atoms with Gasteiger partial charge in [0.1, 0.15) is 0 Å². The first-order chi connectivity index (χ1) is 17.1. The third-order valence-corrected chi connectivity index (χ3v) is 18.9. The molecule has 0 amide bonds. The van der Waals surface area contributed by atoms with Gasteiger partial charge in [0.25, 0.3) is 0 Å². The molecule has 192 valence electrons. The summed E-state index contributed by atoms with van der Waals surface area (Å²) in [6.07, 6.45) is 1.49. The standard InChI is InChI=1S/C27H26F4IO3S/c28-26(29,25-19-20-16-17-21(25)18-20)27(30,31)36(33,34)35-32(22-10-4-1-5-11-22,23-12-6-2-7-13-23)24-14-8-3-9-15-24/h1-15,20-21,25H,16-19H2/q+1. The second kappa shape index (κ2) is 9.40. The van der Waals surface area contributed by atoms with Gasteiger partial charge in [0.15, 0.2) is 0 Å². The topological polar surface area (TPSA) is 43.4 Å². The first-order valence-electron chi connectivity index (χ1n) is 11.7. The van der Waals surface area contributed by atoms with Gasteiger partial charge in [0, 0.05) is 0 Å². The van der Waals surface area contributed by atoms with E-state index in [2.05, 4.69) is 0 Å². The van der Waals surface area contributed by atoms with Crippen LogP contribution in [0.1, 0.15) is 25.7 Å². The zero-order valence-electron chi connectivity index (χ0n) is 19.2. The van der Waals surface area contributed by atoms with Gasteiger partial charge in [0.05, 0.1) is 0 Å². The quantitative estimate of drug-likeness (QED) is 0.281. The number of halogens is 5. The molecule has 2 saturated carbocycles. The summed E-state index contributed by atoms with van der Waals surface area (Å²) >= 11 is -4.82. The predicted molar refractivity (Wildman–Crippen MR) is 124 cm³/mol. The maximum atomic E-state index is 15.6. The number of fused-ring (bicyclic) bond motifs is 2. The predicted octanol–water partition coefficient (Wildman–Crippen LogP) is 3.68. The summed E-state index contributed by atoms with van der Waals surface area (Å²) in [6, 6.07) is 24.7. The molecule has 3 atom stereocenters. The fraction of sp³-hybridized carbons (Fsp3) is 0.333. The zero-order valence-corrected chi connectivity index (χ0v) is 22.2. The van der Waals surface area contributed by atoms with Crippen LogP contribution < -0.4 is 18.8 Å². The average Bonchev–Trinajstić information content (AvgIpc) is 3.53. The van der Waals surface area contributed by atoms with Crippen LogP contribution in [0.2, 0.25) is 0 Å². The van der Waals surface area contributed by atoms with Gasteiger partial charge in [-0.1, -0.05) is 0 Å². The summed E-state index contributed by atoms with van der Waals surface area (Å²) in [5, 5.41) is -5.39. The molecule has 0 spiro atoms. The van der Waals surface area contributed by atoms with Gasteiger partial charge in [-0.15, -0.1) is 0 Å². The Labute approximate surface area is 213 Å². The summed E-state index contributed by atoms with van der Waals surface area (Å²) in [4.78, 5) is 0. The van der Waals surface area contributed by atoms with Gasteiger partial charge in [-0.2, -0.15) is 0 Å². The van der Waals surface area contributed by atoms with Crippen LogP contribution in [0, 0.1) is 28.5 Å². The number of alkyl halides is 4. The van der Waals surface area contributed by atoms with E-state index in [1.807, 2.05) is 0 Å². The summed E-state index contributed by atoms with van der Waals surface area (Å²) in [7, 11) is -6.08. The molecule has 3 aromatic rings. The van der Waals surface area contributed by atoms with E-state index < -0.39 is 52.0 Å². The molecule has 3 aromatic carbocycles.